The topological polar surface area (TPSA) is 43.9 Å². The minimum absolute atomic E-state index is 0.00266. The first-order chi connectivity index (χ1) is 8.06. The third kappa shape index (κ3) is 3.04. The van der Waals surface area contributed by atoms with E-state index in [1.807, 2.05) is 4.90 Å². The van der Waals surface area contributed by atoms with Gasteiger partial charge >= 0.3 is 0 Å². The summed E-state index contributed by atoms with van der Waals surface area (Å²) in [5.41, 5.74) is 0. The minimum Gasteiger partial charge on any atom is -0.340 e. The van der Waals surface area contributed by atoms with Crippen molar-refractivity contribution in [2.75, 3.05) is 46.8 Å². The van der Waals surface area contributed by atoms with Crippen LogP contribution >= 0.6 is 0 Å². The molecular weight excluding hydrogens is 218 g/mol. The Hall–Kier alpha value is -0.940. The summed E-state index contributed by atoms with van der Waals surface area (Å²) in [7, 11) is 4.22. The number of hydrogen-bond acceptors (Lipinski definition) is 4. The molecule has 0 radical (unpaired) electrons. The summed E-state index contributed by atoms with van der Waals surface area (Å²) in [5, 5.41) is 0. The minimum atomic E-state index is 0.00266. The van der Waals surface area contributed by atoms with Gasteiger partial charge in [0.15, 0.2) is 0 Å². The molecule has 96 valence electrons. The van der Waals surface area contributed by atoms with Crippen LogP contribution in [0.1, 0.15) is 12.8 Å². The summed E-state index contributed by atoms with van der Waals surface area (Å²) < 4.78 is 0. The van der Waals surface area contributed by atoms with Gasteiger partial charge in [0.1, 0.15) is 5.78 Å². The number of nitrogens with zero attached hydrogens (tertiary/aromatic N) is 3. The molecular formula is C12H21N3O2. The van der Waals surface area contributed by atoms with Crippen molar-refractivity contribution >= 4 is 11.7 Å². The number of piperidine rings is 1. The molecule has 0 saturated carbocycles. The summed E-state index contributed by atoms with van der Waals surface area (Å²) in [5.74, 6) is 0.0863. The molecule has 5 nitrogen and oxygen atoms in total. The van der Waals surface area contributed by atoms with Crippen LogP contribution in [0.2, 0.25) is 0 Å². The summed E-state index contributed by atoms with van der Waals surface area (Å²) in [6, 6.07) is 0.394. The van der Waals surface area contributed by atoms with Gasteiger partial charge in [-0.3, -0.25) is 14.5 Å². The van der Waals surface area contributed by atoms with Crippen molar-refractivity contribution in [3.8, 4) is 0 Å². The zero-order valence-corrected chi connectivity index (χ0v) is 10.7. The first kappa shape index (κ1) is 12.5. The molecule has 0 N–H and O–H groups in total. The fourth-order valence-electron chi connectivity index (χ4n) is 2.50. The number of rotatable bonds is 2. The third-order valence-corrected chi connectivity index (χ3v) is 3.77. The largest absolute Gasteiger partial charge is 0.340 e. The molecule has 0 aromatic rings. The quantitative estimate of drug-likeness (QED) is 0.605. The van der Waals surface area contributed by atoms with Gasteiger partial charge in [0, 0.05) is 45.2 Å². The van der Waals surface area contributed by atoms with Crippen LogP contribution in [0.3, 0.4) is 0 Å². The maximum Gasteiger partial charge on any atom is 0.230 e. The van der Waals surface area contributed by atoms with E-state index in [1.54, 1.807) is 0 Å². The van der Waals surface area contributed by atoms with Crippen LogP contribution in [0.5, 0.6) is 0 Å². The van der Waals surface area contributed by atoms with E-state index in [-0.39, 0.29) is 18.1 Å². The maximum absolute atomic E-state index is 11.7. The van der Waals surface area contributed by atoms with Crippen LogP contribution in [-0.4, -0.2) is 79.3 Å². The molecule has 0 aromatic heterocycles. The number of likely N-dealkylation sites (tertiary alicyclic amines) is 1. The van der Waals surface area contributed by atoms with E-state index >= 15 is 0 Å². The molecule has 2 rings (SSSR count). The molecule has 5 heteroatoms. The van der Waals surface area contributed by atoms with E-state index in [2.05, 4.69) is 23.9 Å². The maximum atomic E-state index is 11.7. The Kier molecular flexibility index (Phi) is 3.79. The van der Waals surface area contributed by atoms with Crippen molar-refractivity contribution in [1.82, 2.24) is 14.7 Å². The molecule has 1 amide bonds. The molecule has 1 unspecified atom stereocenters. The number of amides is 1. The smallest absolute Gasteiger partial charge is 0.230 e. The van der Waals surface area contributed by atoms with Crippen molar-refractivity contribution in [3.05, 3.63) is 0 Å². The van der Waals surface area contributed by atoms with Gasteiger partial charge in [-0.2, -0.15) is 0 Å². The van der Waals surface area contributed by atoms with E-state index in [0.29, 0.717) is 19.0 Å². The van der Waals surface area contributed by atoms with Crippen molar-refractivity contribution in [2.24, 2.45) is 0 Å². The second-order valence-electron chi connectivity index (χ2n) is 5.20. The van der Waals surface area contributed by atoms with Crippen LogP contribution in [0.25, 0.3) is 0 Å². The van der Waals surface area contributed by atoms with Gasteiger partial charge in [0.05, 0.1) is 6.42 Å². The van der Waals surface area contributed by atoms with Crippen LogP contribution in [0.4, 0.5) is 0 Å². The number of carbonyl (C=O) groups excluding carboxylic acids is 2. The molecule has 0 bridgehead atoms. The molecule has 2 heterocycles. The first-order valence-corrected chi connectivity index (χ1v) is 6.24. The lowest BCUT2D eigenvalue weighted by atomic mass is 10.1. The van der Waals surface area contributed by atoms with E-state index in [9.17, 15) is 9.59 Å². The molecule has 0 spiro atoms. The summed E-state index contributed by atoms with van der Waals surface area (Å²) in [6.45, 7) is 4.48. The van der Waals surface area contributed by atoms with Crippen LogP contribution < -0.4 is 0 Å². The fourth-order valence-corrected chi connectivity index (χ4v) is 2.50. The molecule has 2 fully saturated rings. The zero-order chi connectivity index (χ0) is 12.4. The summed E-state index contributed by atoms with van der Waals surface area (Å²) in [6.07, 6.45) is 0.629. The van der Waals surface area contributed by atoms with Crippen molar-refractivity contribution in [2.45, 2.75) is 18.9 Å². The van der Waals surface area contributed by atoms with E-state index < -0.39 is 0 Å². The van der Waals surface area contributed by atoms with Crippen LogP contribution in [-0.2, 0) is 9.59 Å². The normalized spacial score (nSPS) is 28.8. The second-order valence-corrected chi connectivity index (χ2v) is 5.20. The molecule has 0 aromatic carbocycles. The lowest BCUT2D eigenvalue weighted by Gasteiger charge is -2.40. The van der Waals surface area contributed by atoms with E-state index in [0.717, 1.165) is 26.2 Å². The van der Waals surface area contributed by atoms with Crippen molar-refractivity contribution in [1.29, 1.82) is 0 Å². The Morgan fingerprint density at radius 1 is 1.18 bits per heavy atom. The lowest BCUT2D eigenvalue weighted by Crippen LogP contribution is -2.56. The fraction of sp³-hybridized carbons (Fsp3) is 0.833. The molecule has 1 atom stereocenters. The molecule has 17 heavy (non-hydrogen) atoms. The van der Waals surface area contributed by atoms with Crippen LogP contribution in [0, 0.1) is 0 Å². The predicted octanol–water partition coefficient (Wildman–Crippen LogP) is -0.576. The van der Waals surface area contributed by atoms with E-state index in [1.165, 1.54) is 0 Å². The van der Waals surface area contributed by atoms with Gasteiger partial charge in [0.25, 0.3) is 0 Å². The van der Waals surface area contributed by atoms with Gasteiger partial charge in [0.2, 0.25) is 5.91 Å². The molecule has 2 aliphatic heterocycles. The summed E-state index contributed by atoms with van der Waals surface area (Å²) in [4.78, 5) is 29.4. The standard InChI is InChI=1S/C12H21N3O2/c1-13-5-6-14(2)10(8-13)9-15-4-3-11(16)7-12(15)17/h10H,3-9H2,1-2H3. The Bertz CT molecular complexity index is 319. The number of piperazine rings is 1. The second kappa shape index (κ2) is 5.14. The average Bonchev–Trinajstić information content (AvgIpc) is 2.27. The Morgan fingerprint density at radius 2 is 1.94 bits per heavy atom. The molecule has 2 aliphatic rings. The number of likely N-dealkylation sites (N-methyl/N-ethyl adjacent to an activating group) is 2. The average molecular weight is 239 g/mol. The summed E-state index contributed by atoms with van der Waals surface area (Å²) >= 11 is 0. The molecule has 2 saturated heterocycles. The Morgan fingerprint density at radius 3 is 2.65 bits per heavy atom. The highest BCUT2D eigenvalue weighted by Crippen LogP contribution is 2.12. The van der Waals surface area contributed by atoms with Crippen molar-refractivity contribution < 1.29 is 9.59 Å². The lowest BCUT2D eigenvalue weighted by molar-refractivity contribution is -0.140. The number of ketones is 1. The highest BCUT2D eigenvalue weighted by atomic mass is 16.2. The number of Topliss-reactive ketones (excluding diaryl/α,β-unsaturated/α-hetero) is 1. The highest BCUT2D eigenvalue weighted by molar-refractivity contribution is 6.00. The van der Waals surface area contributed by atoms with Gasteiger partial charge < -0.3 is 9.80 Å². The van der Waals surface area contributed by atoms with Gasteiger partial charge in [-0.15, -0.1) is 0 Å². The number of hydrogen-bond donors (Lipinski definition) is 0. The van der Waals surface area contributed by atoms with Crippen molar-refractivity contribution in [3.63, 3.8) is 0 Å². The van der Waals surface area contributed by atoms with E-state index in [4.69, 9.17) is 0 Å². The van der Waals surface area contributed by atoms with Gasteiger partial charge in [-0.25, -0.2) is 0 Å². The SMILES string of the molecule is CN1CCN(C)C(CN2CCC(=O)CC2=O)C1. The first-order valence-electron chi connectivity index (χ1n) is 6.24. The highest BCUT2D eigenvalue weighted by Gasteiger charge is 2.29. The third-order valence-electron chi connectivity index (χ3n) is 3.77. The monoisotopic (exact) mass is 239 g/mol. The van der Waals surface area contributed by atoms with Gasteiger partial charge in [-0.05, 0) is 14.1 Å². The van der Waals surface area contributed by atoms with Gasteiger partial charge in [-0.1, -0.05) is 0 Å². The molecule has 0 aliphatic carbocycles. The van der Waals surface area contributed by atoms with Crippen LogP contribution in [0.15, 0.2) is 0 Å². The predicted molar refractivity (Wildman–Crippen MR) is 64.7 cm³/mol. The Labute approximate surface area is 102 Å². The zero-order valence-electron chi connectivity index (χ0n) is 10.7. The Balaban J connectivity index is 1.91. The number of carbonyl (C=O) groups is 2.